The number of anilines is 1. The van der Waals surface area contributed by atoms with E-state index in [2.05, 4.69) is 65.1 Å². The first kappa shape index (κ1) is 14.1. The largest absolute Gasteiger partial charge is 0.378 e. The first-order valence-corrected chi connectivity index (χ1v) is 7.79. The van der Waals surface area contributed by atoms with E-state index < -0.39 is 0 Å². The van der Waals surface area contributed by atoms with Gasteiger partial charge in [-0.3, -0.25) is 0 Å². The van der Waals surface area contributed by atoms with Gasteiger partial charge >= 0.3 is 0 Å². The second-order valence-electron chi connectivity index (χ2n) is 6.82. The summed E-state index contributed by atoms with van der Waals surface area (Å²) in [5.41, 5.74) is 2.69. The zero-order valence-corrected chi connectivity index (χ0v) is 13.2. The average Bonchev–Trinajstić information content (AvgIpc) is 2.88. The maximum absolute atomic E-state index is 4.32. The lowest BCUT2D eigenvalue weighted by Gasteiger charge is -2.19. The molecule has 0 atom stereocenters. The highest BCUT2D eigenvalue weighted by Gasteiger charge is 2.15. The predicted octanol–water partition coefficient (Wildman–Crippen LogP) is 3.52. The van der Waals surface area contributed by atoms with Crippen molar-refractivity contribution < 1.29 is 0 Å². The number of aromatic nitrogens is 3. The molecular weight excluding hydrogens is 260 g/mol. The van der Waals surface area contributed by atoms with Crippen molar-refractivity contribution in [3.8, 4) is 0 Å². The summed E-state index contributed by atoms with van der Waals surface area (Å²) in [6.07, 6.45) is 3.53. The van der Waals surface area contributed by atoms with E-state index in [1.54, 1.807) is 0 Å². The SMILES string of the molecule is CC(C)(C)c1ccc(NCc2nnc3n2CCCC3)cc1. The van der Waals surface area contributed by atoms with E-state index in [9.17, 15) is 0 Å². The second-order valence-corrected chi connectivity index (χ2v) is 6.82. The summed E-state index contributed by atoms with van der Waals surface area (Å²) >= 11 is 0. The van der Waals surface area contributed by atoms with Gasteiger partial charge in [-0.25, -0.2) is 0 Å². The average molecular weight is 284 g/mol. The summed E-state index contributed by atoms with van der Waals surface area (Å²) in [7, 11) is 0. The molecule has 0 spiro atoms. The van der Waals surface area contributed by atoms with Crippen LogP contribution in [0, 0.1) is 0 Å². The molecule has 0 radical (unpaired) electrons. The molecule has 1 aliphatic heterocycles. The third kappa shape index (κ3) is 3.09. The molecule has 0 bridgehead atoms. The molecule has 0 saturated carbocycles. The molecule has 1 aliphatic rings. The van der Waals surface area contributed by atoms with Gasteiger partial charge in [0, 0.05) is 18.7 Å². The maximum Gasteiger partial charge on any atom is 0.152 e. The first-order chi connectivity index (χ1) is 10.0. The molecule has 2 heterocycles. The Labute approximate surface area is 126 Å². The highest BCUT2D eigenvalue weighted by atomic mass is 15.3. The molecule has 0 amide bonds. The van der Waals surface area contributed by atoms with Gasteiger partial charge in [-0.15, -0.1) is 10.2 Å². The molecule has 2 aromatic rings. The molecule has 0 saturated heterocycles. The Hall–Kier alpha value is -1.84. The van der Waals surface area contributed by atoms with Crippen molar-refractivity contribution in [2.24, 2.45) is 0 Å². The fourth-order valence-corrected chi connectivity index (χ4v) is 2.77. The number of nitrogens with one attached hydrogen (secondary N) is 1. The van der Waals surface area contributed by atoms with Gasteiger partial charge in [-0.1, -0.05) is 32.9 Å². The standard InChI is InChI=1S/C17H24N4/c1-17(2,3)13-7-9-14(10-8-13)18-12-16-20-19-15-6-4-5-11-21(15)16/h7-10,18H,4-6,11-12H2,1-3H3. The summed E-state index contributed by atoms with van der Waals surface area (Å²) in [5, 5.41) is 12.1. The van der Waals surface area contributed by atoms with E-state index in [4.69, 9.17) is 0 Å². The van der Waals surface area contributed by atoms with Gasteiger partial charge in [0.15, 0.2) is 5.82 Å². The normalized spacial score (nSPS) is 14.8. The summed E-state index contributed by atoms with van der Waals surface area (Å²) < 4.78 is 2.26. The van der Waals surface area contributed by atoms with E-state index >= 15 is 0 Å². The predicted molar refractivity (Wildman–Crippen MR) is 85.4 cm³/mol. The van der Waals surface area contributed by atoms with E-state index in [-0.39, 0.29) is 5.41 Å². The molecule has 1 aromatic heterocycles. The van der Waals surface area contributed by atoms with E-state index in [1.807, 2.05) is 0 Å². The molecule has 4 heteroatoms. The number of hydrogen-bond donors (Lipinski definition) is 1. The van der Waals surface area contributed by atoms with Crippen LogP contribution >= 0.6 is 0 Å². The fraction of sp³-hybridized carbons (Fsp3) is 0.529. The van der Waals surface area contributed by atoms with Crippen LogP contribution in [0.1, 0.15) is 50.8 Å². The minimum absolute atomic E-state index is 0.199. The molecule has 112 valence electrons. The Morgan fingerprint density at radius 3 is 2.57 bits per heavy atom. The second kappa shape index (κ2) is 5.51. The molecule has 0 aliphatic carbocycles. The molecule has 0 fully saturated rings. The number of benzene rings is 1. The Morgan fingerprint density at radius 1 is 1.10 bits per heavy atom. The van der Waals surface area contributed by atoms with E-state index in [1.165, 1.54) is 18.4 Å². The van der Waals surface area contributed by atoms with Gasteiger partial charge in [0.2, 0.25) is 0 Å². The van der Waals surface area contributed by atoms with Crippen molar-refractivity contribution >= 4 is 5.69 Å². The molecule has 21 heavy (non-hydrogen) atoms. The van der Waals surface area contributed by atoms with Crippen LogP contribution in [0.4, 0.5) is 5.69 Å². The highest BCUT2D eigenvalue weighted by molar-refractivity contribution is 5.45. The van der Waals surface area contributed by atoms with Gasteiger partial charge in [0.1, 0.15) is 5.82 Å². The van der Waals surface area contributed by atoms with Crippen LogP contribution in [0.15, 0.2) is 24.3 Å². The van der Waals surface area contributed by atoms with Crippen molar-refractivity contribution in [1.82, 2.24) is 14.8 Å². The lowest BCUT2D eigenvalue weighted by Crippen LogP contribution is -2.15. The van der Waals surface area contributed by atoms with Crippen LogP contribution in [0.5, 0.6) is 0 Å². The first-order valence-electron chi connectivity index (χ1n) is 7.79. The quantitative estimate of drug-likeness (QED) is 0.937. The molecule has 3 rings (SSSR count). The van der Waals surface area contributed by atoms with Crippen molar-refractivity contribution in [3.05, 3.63) is 41.5 Å². The van der Waals surface area contributed by atoms with Gasteiger partial charge < -0.3 is 9.88 Å². The summed E-state index contributed by atoms with van der Waals surface area (Å²) in [5.74, 6) is 2.19. The van der Waals surface area contributed by atoms with Gasteiger partial charge in [0.25, 0.3) is 0 Å². The number of nitrogens with zero attached hydrogens (tertiary/aromatic N) is 3. The zero-order valence-electron chi connectivity index (χ0n) is 13.2. The highest BCUT2D eigenvalue weighted by Crippen LogP contribution is 2.23. The number of rotatable bonds is 3. The van der Waals surface area contributed by atoms with Crippen LogP contribution in [0.25, 0.3) is 0 Å². The van der Waals surface area contributed by atoms with Crippen molar-refractivity contribution in [1.29, 1.82) is 0 Å². The Bertz CT molecular complexity index is 605. The molecule has 4 nitrogen and oxygen atoms in total. The van der Waals surface area contributed by atoms with Crippen molar-refractivity contribution in [2.75, 3.05) is 5.32 Å². The third-order valence-corrected chi connectivity index (χ3v) is 4.14. The molecule has 1 N–H and O–H groups in total. The Balaban J connectivity index is 1.66. The molecule has 1 aromatic carbocycles. The van der Waals surface area contributed by atoms with E-state index in [0.717, 1.165) is 36.8 Å². The van der Waals surface area contributed by atoms with Crippen LogP contribution in [-0.4, -0.2) is 14.8 Å². The minimum Gasteiger partial charge on any atom is -0.378 e. The number of hydrogen-bond acceptors (Lipinski definition) is 3. The maximum atomic E-state index is 4.32. The zero-order chi connectivity index (χ0) is 14.9. The number of fused-ring (bicyclic) bond motifs is 1. The van der Waals surface area contributed by atoms with Crippen molar-refractivity contribution in [3.63, 3.8) is 0 Å². The van der Waals surface area contributed by atoms with Gasteiger partial charge in [-0.05, 0) is 36.0 Å². The summed E-state index contributed by atoms with van der Waals surface area (Å²) in [6, 6.07) is 8.69. The lowest BCUT2D eigenvalue weighted by molar-refractivity contribution is 0.510. The Kier molecular flexibility index (Phi) is 3.70. The van der Waals surface area contributed by atoms with Gasteiger partial charge in [0.05, 0.1) is 6.54 Å². The lowest BCUT2D eigenvalue weighted by atomic mass is 9.87. The Morgan fingerprint density at radius 2 is 1.86 bits per heavy atom. The van der Waals surface area contributed by atoms with Gasteiger partial charge in [-0.2, -0.15) is 0 Å². The number of aryl methyl sites for hydroxylation is 1. The van der Waals surface area contributed by atoms with Crippen LogP contribution in [0.3, 0.4) is 0 Å². The van der Waals surface area contributed by atoms with E-state index in [0.29, 0.717) is 0 Å². The smallest absolute Gasteiger partial charge is 0.152 e. The van der Waals surface area contributed by atoms with Crippen LogP contribution < -0.4 is 5.32 Å². The summed E-state index contributed by atoms with van der Waals surface area (Å²) in [6.45, 7) is 8.50. The summed E-state index contributed by atoms with van der Waals surface area (Å²) in [4.78, 5) is 0. The van der Waals surface area contributed by atoms with Crippen molar-refractivity contribution in [2.45, 2.75) is 58.5 Å². The monoisotopic (exact) mass is 284 g/mol. The fourth-order valence-electron chi connectivity index (χ4n) is 2.77. The minimum atomic E-state index is 0.199. The molecular formula is C17H24N4. The van der Waals surface area contributed by atoms with Crippen LogP contribution in [0.2, 0.25) is 0 Å². The topological polar surface area (TPSA) is 42.7 Å². The molecule has 0 unspecified atom stereocenters. The third-order valence-electron chi connectivity index (χ3n) is 4.14. The van der Waals surface area contributed by atoms with Crippen LogP contribution in [-0.2, 0) is 24.9 Å².